The Morgan fingerprint density at radius 2 is 1.80 bits per heavy atom. The van der Waals surface area contributed by atoms with E-state index in [2.05, 4.69) is 5.32 Å². The summed E-state index contributed by atoms with van der Waals surface area (Å²) in [6, 6.07) is 10.2. The van der Waals surface area contributed by atoms with E-state index in [9.17, 15) is 4.79 Å². The molecule has 1 amide bonds. The highest BCUT2D eigenvalue weighted by Gasteiger charge is 2.11. The summed E-state index contributed by atoms with van der Waals surface area (Å²) in [6.45, 7) is 0.318. The van der Waals surface area contributed by atoms with E-state index in [-0.39, 0.29) is 21.6 Å². The van der Waals surface area contributed by atoms with Crippen molar-refractivity contribution < 1.29 is 4.79 Å². The minimum atomic E-state index is -0.296. The SMILES string of the molecule is Nc1cc(C(=O)NCc2ccccc2Cl)cc(Cl)c1Cl. The molecule has 0 atom stereocenters. The largest absolute Gasteiger partial charge is 0.397 e. The third-order valence-corrected chi connectivity index (χ3v) is 3.90. The molecule has 0 bridgehead atoms. The maximum absolute atomic E-state index is 12.0. The van der Waals surface area contributed by atoms with Crippen LogP contribution in [0.15, 0.2) is 36.4 Å². The second-order valence-corrected chi connectivity index (χ2v) is 5.33. The minimum Gasteiger partial charge on any atom is -0.397 e. The normalized spacial score (nSPS) is 10.3. The molecular formula is C14H11Cl3N2O. The van der Waals surface area contributed by atoms with Gasteiger partial charge in [-0.3, -0.25) is 4.79 Å². The summed E-state index contributed by atoms with van der Waals surface area (Å²) in [6.07, 6.45) is 0. The van der Waals surface area contributed by atoms with Gasteiger partial charge in [0.15, 0.2) is 0 Å². The Morgan fingerprint density at radius 1 is 1.10 bits per heavy atom. The van der Waals surface area contributed by atoms with Gasteiger partial charge in [-0.05, 0) is 23.8 Å². The van der Waals surface area contributed by atoms with Gasteiger partial charge in [0.2, 0.25) is 0 Å². The van der Waals surface area contributed by atoms with Gasteiger partial charge in [0.1, 0.15) is 0 Å². The number of carbonyl (C=O) groups excluding carboxylic acids is 1. The van der Waals surface area contributed by atoms with Crippen LogP contribution in [-0.4, -0.2) is 5.91 Å². The Labute approximate surface area is 131 Å². The summed E-state index contributed by atoms with van der Waals surface area (Å²) < 4.78 is 0. The molecule has 0 spiro atoms. The summed E-state index contributed by atoms with van der Waals surface area (Å²) in [5, 5.41) is 3.84. The molecule has 20 heavy (non-hydrogen) atoms. The van der Waals surface area contributed by atoms with Crippen LogP contribution in [0.3, 0.4) is 0 Å². The molecule has 6 heteroatoms. The van der Waals surface area contributed by atoms with E-state index in [1.807, 2.05) is 18.2 Å². The monoisotopic (exact) mass is 328 g/mol. The second kappa shape index (κ2) is 6.35. The fourth-order valence-electron chi connectivity index (χ4n) is 1.66. The van der Waals surface area contributed by atoms with Crippen molar-refractivity contribution in [1.29, 1.82) is 0 Å². The fraction of sp³-hybridized carbons (Fsp3) is 0.0714. The standard InChI is InChI=1S/C14H11Cl3N2O/c15-10-4-2-1-3-8(10)7-19-14(20)9-5-11(16)13(17)12(18)6-9/h1-6H,7,18H2,(H,19,20). The first-order chi connectivity index (χ1) is 9.49. The number of hydrogen-bond acceptors (Lipinski definition) is 2. The van der Waals surface area contributed by atoms with Crippen LogP contribution in [0.5, 0.6) is 0 Å². The zero-order valence-corrected chi connectivity index (χ0v) is 12.6. The highest BCUT2D eigenvalue weighted by Crippen LogP contribution is 2.29. The zero-order valence-electron chi connectivity index (χ0n) is 10.3. The molecule has 0 aliphatic rings. The Hall–Kier alpha value is -1.42. The topological polar surface area (TPSA) is 55.1 Å². The first kappa shape index (κ1) is 15.0. The molecule has 0 saturated carbocycles. The third-order valence-electron chi connectivity index (χ3n) is 2.72. The molecular weight excluding hydrogens is 319 g/mol. The molecule has 2 aromatic rings. The van der Waals surface area contributed by atoms with Crippen LogP contribution in [0, 0.1) is 0 Å². The average Bonchev–Trinajstić information content (AvgIpc) is 2.43. The molecule has 3 N–H and O–H groups in total. The Bertz CT molecular complexity index is 636. The number of nitrogens with two attached hydrogens (primary N) is 1. The molecule has 0 radical (unpaired) electrons. The second-order valence-electron chi connectivity index (χ2n) is 4.14. The van der Waals surface area contributed by atoms with Crippen molar-refractivity contribution in [1.82, 2.24) is 5.32 Å². The molecule has 0 saturated heterocycles. The van der Waals surface area contributed by atoms with Crippen LogP contribution in [-0.2, 0) is 6.54 Å². The number of anilines is 1. The molecule has 0 fully saturated rings. The van der Waals surface area contributed by atoms with E-state index in [1.165, 1.54) is 12.1 Å². The number of nitrogen functional groups attached to an aromatic ring is 1. The molecule has 3 nitrogen and oxygen atoms in total. The maximum atomic E-state index is 12.0. The molecule has 0 unspecified atom stereocenters. The first-order valence-electron chi connectivity index (χ1n) is 5.75. The van der Waals surface area contributed by atoms with E-state index in [1.54, 1.807) is 6.07 Å². The molecule has 2 rings (SSSR count). The van der Waals surface area contributed by atoms with Gasteiger partial charge in [-0.2, -0.15) is 0 Å². The number of nitrogens with one attached hydrogen (secondary N) is 1. The molecule has 0 aromatic heterocycles. The van der Waals surface area contributed by atoms with Gasteiger partial charge < -0.3 is 11.1 Å². The quantitative estimate of drug-likeness (QED) is 0.831. The number of halogens is 3. The van der Waals surface area contributed by atoms with Crippen LogP contribution >= 0.6 is 34.8 Å². The van der Waals surface area contributed by atoms with Crippen molar-refractivity contribution in [3.8, 4) is 0 Å². The van der Waals surface area contributed by atoms with Crippen LogP contribution < -0.4 is 11.1 Å². The lowest BCUT2D eigenvalue weighted by molar-refractivity contribution is 0.0951. The summed E-state index contributed by atoms with van der Waals surface area (Å²) in [5.74, 6) is -0.296. The number of rotatable bonds is 3. The van der Waals surface area contributed by atoms with E-state index in [0.29, 0.717) is 17.1 Å². The van der Waals surface area contributed by atoms with Gasteiger partial charge in [-0.1, -0.05) is 53.0 Å². The molecule has 104 valence electrons. The number of carbonyl (C=O) groups is 1. The summed E-state index contributed by atoms with van der Waals surface area (Å²) in [4.78, 5) is 12.0. The smallest absolute Gasteiger partial charge is 0.251 e. The van der Waals surface area contributed by atoms with Crippen molar-refractivity contribution in [3.05, 3.63) is 62.6 Å². The van der Waals surface area contributed by atoms with Gasteiger partial charge in [0.05, 0.1) is 15.7 Å². The summed E-state index contributed by atoms with van der Waals surface area (Å²) >= 11 is 17.7. The molecule has 0 heterocycles. The third kappa shape index (κ3) is 3.37. The molecule has 0 aliphatic carbocycles. The van der Waals surface area contributed by atoms with Crippen molar-refractivity contribution in [3.63, 3.8) is 0 Å². The van der Waals surface area contributed by atoms with E-state index in [0.717, 1.165) is 5.56 Å². The maximum Gasteiger partial charge on any atom is 0.251 e. The summed E-state index contributed by atoms with van der Waals surface area (Å²) in [7, 11) is 0. The van der Waals surface area contributed by atoms with Crippen LogP contribution in [0.4, 0.5) is 5.69 Å². The number of amides is 1. The number of benzene rings is 2. The highest BCUT2D eigenvalue weighted by atomic mass is 35.5. The lowest BCUT2D eigenvalue weighted by Crippen LogP contribution is -2.23. The van der Waals surface area contributed by atoms with Crippen LogP contribution in [0.1, 0.15) is 15.9 Å². The predicted octanol–water partition coefficient (Wildman–Crippen LogP) is 4.16. The van der Waals surface area contributed by atoms with E-state index < -0.39 is 0 Å². The van der Waals surface area contributed by atoms with E-state index in [4.69, 9.17) is 40.5 Å². The lowest BCUT2D eigenvalue weighted by Gasteiger charge is -2.09. The summed E-state index contributed by atoms with van der Waals surface area (Å²) in [5.41, 5.74) is 7.12. The number of hydrogen-bond donors (Lipinski definition) is 2. The Balaban J connectivity index is 2.11. The Morgan fingerprint density at radius 3 is 2.45 bits per heavy atom. The van der Waals surface area contributed by atoms with Crippen molar-refractivity contribution in [2.24, 2.45) is 0 Å². The predicted molar refractivity (Wildman–Crippen MR) is 83.5 cm³/mol. The molecule has 2 aromatic carbocycles. The van der Waals surface area contributed by atoms with Crippen molar-refractivity contribution in [2.75, 3.05) is 5.73 Å². The van der Waals surface area contributed by atoms with Crippen molar-refractivity contribution >= 4 is 46.4 Å². The van der Waals surface area contributed by atoms with Crippen molar-refractivity contribution in [2.45, 2.75) is 6.54 Å². The van der Waals surface area contributed by atoms with Gasteiger partial charge in [-0.15, -0.1) is 0 Å². The highest BCUT2D eigenvalue weighted by molar-refractivity contribution is 6.43. The van der Waals surface area contributed by atoms with Gasteiger partial charge in [0, 0.05) is 17.1 Å². The fourth-order valence-corrected chi connectivity index (χ4v) is 2.20. The van der Waals surface area contributed by atoms with E-state index >= 15 is 0 Å². The zero-order chi connectivity index (χ0) is 14.7. The van der Waals surface area contributed by atoms with Gasteiger partial charge in [-0.25, -0.2) is 0 Å². The van der Waals surface area contributed by atoms with Gasteiger partial charge in [0.25, 0.3) is 5.91 Å². The van der Waals surface area contributed by atoms with Gasteiger partial charge >= 0.3 is 0 Å². The van der Waals surface area contributed by atoms with Crippen LogP contribution in [0.25, 0.3) is 0 Å². The lowest BCUT2D eigenvalue weighted by atomic mass is 10.1. The minimum absolute atomic E-state index is 0.245. The molecule has 0 aliphatic heterocycles. The Kier molecular flexibility index (Phi) is 4.76. The average molecular weight is 330 g/mol. The first-order valence-corrected chi connectivity index (χ1v) is 6.88. The van der Waals surface area contributed by atoms with Crippen LogP contribution in [0.2, 0.25) is 15.1 Å².